The van der Waals surface area contributed by atoms with Gasteiger partial charge in [-0.15, -0.1) is 0 Å². The highest BCUT2D eigenvalue weighted by atomic mass is 16.6. The van der Waals surface area contributed by atoms with Crippen molar-refractivity contribution >= 4 is 5.69 Å². The minimum Gasteiger partial charge on any atom is -0.330 e. The Balaban J connectivity index is 0.000000791. The molecule has 0 aliphatic rings. The second kappa shape index (κ2) is 7.03. The largest absolute Gasteiger partial charge is 0.330 e. The third-order valence-electron chi connectivity index (χ3n) is 1.58. The van der Waals surface area contributed by atoms with E-state index in [9.17, 15) is 10.1 Å². The third-order valence-corrected chi connectivity index (χ3v) is 1.58. The summed E-state index contributed by atoms with van der Waals surface area (Å²) in [6, 6.07) is 6.44. The van der Waals surface area contributed by atoms with Crippen LogP contribution in [0, 0.1) is 10.1 Å². The van der Waals surface area contributed by atoms with Crippen LogP contribution in [0.5, 0.6) is 0 Å². The van der Waals surface area contributed by atoms with Gasteiger partial charge in [-0.1, -0.05) is 26.0 Å². The molecular formula is C10H16N2O2. The minimum absolute atomic E-state index is 0.121. The van der Waals surface area contributed by atoms with Gasteiger partial charge in [-0.3, -0.25) is 10.1 Å². The molecule has 2 N–H and O–H groups in total. The van der Waals surface area contributed by atoms with Crippen LogP contribution in [-0.4, -0.2) is 11.5 Å². The van der Waals surface area contributed by atoms with Gasteiger partial charge in [0.15, 0.2) is 0 Å². The summed E-state index contributed by atoms with van der Waals surface area (Å²) < 4.78 is 0. The Morgan fingerprint density at radius 3 is 2.14 bits per heavy atom. The van der Waals surface area contributed by atoms with Crippen molar-refractivity contribution < 1.29 is 4.92 Å². The number of rotatable bonds is 3. The molecule has 0 unspecified atom stereocenters. The minimum atomic E-state index is -0.410. The summed E-state index contributed by atoms with van der Waals surface area (Å²) in [7, 11) is 0. The van der Waals surface area contributed by atoms with Crippen LogP contribution in [0.2, 0.25) is 0 Å². The topological polar surface area (TPSA) is 69.2 Å². The average Bonchev–Trinajstić information content (AvgIpc) is 2.22. The maximum Gasteiger partial charge on any atom is 0.269 e. The summed E-state index contributed by atoms with van der Waals surface area (Å²) in [4.78, 5) is 9.84. The van der Waals surface area contributed by atoms with E-state index in [1.807, 2.05) is 13.8 Å². The number of nitrogens with two attached hydrogens (primary N) is 1. The number of non-ortho nitro benzene ring substituents is 1. The average molecular weight is 196 g/mol. The lowest BCUT2D eigenvalue weighted by atomic mass is 10.1. The predicted molar refractivity (Wildman–Crippen MR) is 57.2 cm³/mol. The zero-order valence-corrected chi connectivity index (χ0v) is 8.56. The van der Waals surface area contributed by atoms with Crippen molar-refractivity contribution in [1.82, 2.24) is 0 Å². The van der Waals surface area contributed by atoms with E-state index in [4.69, 9.17) is 5.73 Å². The zero-order chi connectivity index (χ0) is 11.0. The van der Waals surface area contributed by atoms with Crippen molar-refractivity contribution in [3.8, 4) is 0 Å². The molecular weight excluding hydrogens is 180 g/mol. The van der Waals surface area contributed by atoms with Crippen LogP contribution in [-0.2, 0) is 6.42 Å². The van der Waals surface area contributed by atoms with Gasteiger partial charge in [0.2, 0.25) is 0 Å². The smallest absolute Gasteiger partial charge is 0.269 e. The first-order valence-electron chi connectivity index (χ1n) is 4.67. The molecule has 4 heteroatoms. The van der Waals surface area contributed by atoms with Crippen molar-refractivity contribution in [2.24, 2.45) is 5.73 Å². The van der Waals surface area contributed by atoms with Gasteiger partial charge in [0.05, 0.1) is 4.92 Å². The molecule has 0 amide bonds. The highest BCUT2D eigenvalue weighted by Crippen LogP contribution is 2.11. The van der Waals surface area contributed by atoms with Crippen LogP contribution >= 0.6 is 0 Å². The SMILES string of the molecule is CC.NCCc1ccc([N+](=O)[O-])cc1. The summed E-state index contributed by atoms with van der Waals surface area (Å²) in [5.74, 6) is 0. The fraction of sp³-hybridized carbons (Fsp3) is 0.400. The van der Waals surface area contributed by atoms with Crippen LogP contribution in [0.3, 0.4) is 0 Å². The molecule has 0 aliphatic carbocycles. The molecule has 1 rings (SSSR count). The van der Waals surface area contributed by atoms with Crippen LogP contribution < -0.4 is 5.73 Å². The quantitative estimate of drug-likeness (QED) is 0.594. The van der Waals surface area contributed by atoms with Gasteiger partial charge in [0, 0.05) is 12.1 Å². The van der Waals surface area contributed by atoms with E-state index in [0.29, 0.717) is 6.54 Å². The molecule has 0 aliphatic heterocycles. The lowest BCUT2D eigenvalue weighted by Crippen LogP contribution is -2.02. The van der Waals surface area contributed by atoms with E-state index in [-0.39, 0.29) is 5.69 Å². The van der Waals surface area contributed by atoms with Gasteiger partial charge in [0.1, 0.15) is 0 Å². The lowest BCUT2D eigenvalue weighted by molar-refractivity contribution is -0.384. The molecule has 0 atom stereocenters. The van der Waals surface area contributed by atoms with E-state index >= 15 is 0 Å². The Kier molecular flexibility index (Phi) is 6.32. The highest BCUT2D eigenvalue weighted by Gasteiger charge is 2.02. The third kappa shape index (κ3) is 4.00. The summed E-state index contributed by atoms with van der Waals surface area (Å²) in [5.41, 5.74) is 6.48. The van der Waals surface area contributed by atoms with Crippen LogP contribution in [0.4, 0.5) is 5.69 Å². The van der Waals surface area contributed by atoms with Crippen molar-refractivity contribution in [3.05, 3.63) is 39.9 Å². The van der Waals surface area contributed by atoms with E-state index in [1.165, 1.54) is 12.1 Å². The second-order valence-electron chi connectivity index (χ2n) is 2.46. The Labute approximate surface area is 83.9 Å². The molecule has 0 heterocycles. The maximum absolute atomic E-state index is 10.3. The Morgan fingerprint density at radius 1 is 1.29 bits per heavy atom. The number of hydrogen-bond acceptors (Lipinski definition) is 3. The molecule has 14 heavy (non-hydrogen) atoms. The summed E-state index contributed by atoms with van der Waals surface area (Å²) in [6.07, 6.45) is 0.762. The highest BCUT2D eigenvalue weighted by molar-refractivity contribution is 5.32. The van der Waals surface area contributed by atoms with Gasteiger partial charge >= 0.3 is 0 Å². The van der Waals surface area contributed by atoms with E-state index < -0.39 is 4.92 Å². The first kappa shape index (κ1) is 12.6. The number of nitro groups is 1. The van der Waals surface area contributed by atoms with E-state index in [1.54, 1.807) is 12.1 Å². The van der Waals surface area contributed by atoms with Crippen molar-refractivity contribution in [2.75, 3.05) is 6.54 Å². The van der Waals surface area contributed by atoms with Crippen molar-refractivity contribution in [1.29, 1.82) is 0 Å². The zero-order valence-electron chi connectivity index (χ0n) is 8.56. The number of nitrogens with zero attached hydrogens (tertiary/aromatic N) is 1. The van der Waals surface area contributed by atoms with Crippen LogP contribution in [0.1, 0.15) is 19.4 Å². The molecule has 78 valence electrons. The number of nitro benzene ring substituents is 1. The second-order valence-corrected chi connectivity index (χ2v) is 2.46. The molecule has 0 saturated heterocycles. The van der Waals surface area contributed by atoms with Gasteiger partial charge < -0.3 is 5.73 Å². The fourth-order valence-corrected chi connectivity index (χ4v) is 0.951. The van der Waals surface area contributed by atoms with E-state index in [2.05, 4.69) is 0 Å². The number of benzene rings is 1. The lowest BCUT2D eigenvalue weighted by Gasteiger charge is -1.96. The molecule has 0 saturated carbocycles. The molecule has 0 bridgehead atoms. The normalized spacial score (nSPS) is 8.79. The predicted octanol–water partition coefficient (Wildman–Crippen LogP) is 2.12. The van der Waals surface area contributed by atoms with Gasteiger partial charge in [-0.2, -0.15) is 0 Å². The van der Waals surface area contributed by atoms with Gasteiger partial charge in [0.25, 0.3) is 5.69 Å². The summed E-state index contributed by atoms with van der Waals surface area (Å²) in [6.45, 7) is 4.57. The molecule has 0 radical (unpaired) electrons. The summed E-state index contributed by atoms with van der Waals surface area (Å²) >= 11 is 0. The Morgan fingerprint density at radius 2 is 1.79 bits per heavy atom. The van der Waals surface area contributed by atoms with Crippen molar-refractivity contribution in [3.63, 3.8) is 0 Å². The Hall–Kier alpha value is -1.42. The monoisotopic (exact) mass is 196 g/mol. The summed E-state index contributed by atoms with van der Waals surface area (Å²) in [5, 5.41) is 10.3. The molecule has 0 fully saturated rings. The maximum atomic E-state index is 10.3. The molecule has 1 aromatic carbocycles. The number of hydrogen-bond donors (Lipinski definition) is 1. The van der Waals surface area contributed by atoms with E-state index in [0.717, 1.165) is 12.0 Å². The fourth-order valence-electron chi connectivity index (χ4n) is 0.951. The Bertz CT molecular complexity index is 270. The van der Waals surface area contributed by atoms with Crippen molar-refractivity contribution in [2.45, 2.75) is 20.3 Å². The van der Waals surface area contributed by atoms with Crippen LogP contribution in [0.25, 0.3) is 0 Å². The molecule has 0 aromatic heterocycles. The van der Waals surface area contributed by atoms with Crippen LogP contribution in [0.15, 0.2) is 24.3 Å². The first-order valence-corrected chi connectivity index (χ1v) is 4.67. The first-order chi connectivity index (χ1) is 6.74. The molecule has 1 aromatic rings. The molecule has 0 spiro atoms. The molecule has 4 nitrogen and oxygen atoms in total. The van der Waals surface area contributed by atoms with Gasteiger partial charge in [-0.25, -0.2) is 0 Å². The van der Waals surface area contributed by atoms with Gasteiger partial charge in [-0.05, 0) is 18.5 Å². The standard InChI is InChI=1S/C8H10N2O2.C2H6/c9-6-5-7-1-3-8(4-2-7)10(11)12;1-2/h1-4H,5-6,9H2;1-2H3.